The molecule has 1 aromatic carbocycles. The van der Waals surface area contributed by atoms with Crippen molar-refractivity contribution in [3.63, 3.8) is 0 Å². The third-order valence-corrected chi connectivity index (χ3v) is 3.79. The summed E-state index contributed by atoms with van der Waals surface area (Å²) in [4.78, 5) is 1.79. The molecule has 21 heavy (non-hydrogen) atoms. The number of nitrogens with zero attached hydrogens (tertiary/aromatic N) is 1. The maximum absolute atomic E-state index is 13.1. The third-order valence-electron chi connectivity index (χ3n) is 3.79. The molecule has 7 heteroatoms. The van der Waals surface area contributed by atoms with Gasteiger partial charge >= 0.3 is 6.18 Å². The molecule has 1 fully saturated rings. The monoisotopic (exact) mass is 301 g/mol. The summed E-state index contributed by atoms with van der Waals surface area (Å²) in [6.45, 7) is 0.174. The molecule has 0 atom stereocenters. The first-order chi connectivity index (χ1) is 9.84. The second kappa shape index (κ2) is 5.93. The standard InChI is InChI=1S/C14H18F3N3O/c15-14(16,17)12-8-10(4-5-11(12)13(18)19)20(6-7-21)9-2-1-3-9/h4-5,8-9,21H,1-3,6-7H2,(H3,18,19). The number of aliphatic hydroxyl groups excluding tert-OH is 1. The van der Waals surface area contributed by atoms with Crippen molar-refractivity contribution in [2.75, 3.05) is 18.1 Å². The van der Waals surface area contributed by atoms with E-state index in [1.165, 1.54) is 12.1 Å². The molecule has 0 bridgehead atoms. The molecule has 0 aromatic heterocycles. The van der Waals surface area contributed by atoms with Crippen LogP contribution in [0.4, 0.5) is 18.9 Å². The van der Waals surface area contributed by atoms with Gasteiger partial charge in [0.05, 0.1) is 12.2 Å². The second-order valence-electron chi connectivity index (χ2n) is 5.14. The first-order valence-electron chi connectivity index (χ1n) is 6.77. The first-order valence-corrected chi connectivity index (χ1v) is 6.77. The van der Waals surface area contributed by atoms with Gasteiger partial charge in [0, 0.05) is 23.8 Å². The number of nitrogens with two attached hydrogens (primary N) is 1. The number of halogens is 3. The van der Waals surface area contributed by atoms with Crippen molar-refractivity contribution in [3.05, 3.63) is 29.3 Å². The van der Waals surface area contributed by atoms with E-state index >= 15 is 0 Å². The summed E-state index contributed by atoms with van der Waals surface area (Å²) in [7, 11) is 0. The van der Waals surface area contributed by atoms with Crippen molar-refractivity contribution in [2.45, 2.75) is 31.5 Å². The summed E-state index contributed by atoms with van der Waals surface area (Å²) in [5.41, 5.74) is 4.41. The van der Waals surface area contributed by atoms with Crippen molar-refractivity contribution < 1.29 is 18.3 Å². The number of anilines is 1. The van der Waals surface area contributed by atoms with Gasteiger partial charge in [-0.05, 0) is 37.5 Å². The Kier molecular flexibility index (Phi) is 4.41. The average molecular weight is 301 g/mol. The lowest BCUT2D eigenvalue weighted by Crippen LogP contribution is -2.42. The SMILES string of the molecule is N=C(N)c1ccc(N(CCO)C2CCC2)cc1C(F)(F)F. The van der Waals surface area contributed by atoms with E-state index in [1.807, 2.05) is 0 Å². The summed E-state index contributed by atoms with van der Waals surface area (Å²) in [6.07, 6.45) is -1.70. The highest BCUT2D eigenvalue weighted by Crippen LogP contribution is 2.36. The van der Waals surface area contributed by atoms with Crippen LogP contribution in [0.1, 0.15) is 30.4 Å². The predicted molar refractivity (Wildman–Crippen MR) is 74.5 cm³/mol. The summed E-state index contributed by atoms with van der Waals surface area (Å²) >= 11 is 0. The van der Waals surface area contributed by atoms with Crippen LogP contribution in [-0.2, 0) is 6.18 Å². The highest BCUT2D eigenvalue weighted by molar-refractivity contribution is 5.97. The molecule has 0 unspecified atom stereocenters. The molecule has 1 saturated carbocycles. The largest absolute Gasteiger partial charge is 0.417 e. The van der Waals surface area contributed by atoms with Crippen molar-refractivity contribution in [1.29, 1.82) is 5.41 Å². The van der Waals surface area contributed by atoms with Crippen LogP contribution in [0.25, 0.3) is 0 Å². The number of nitrogens with one attached hydrogen (secondary N) is 1. The minimum atomic E-state index is -4.57. The number of amidine groups is 1. The fourth-order valence-electron chi connectivity index (χ4n) is 2.51. The molecule has 116 valence electrons. The zero-order valence-corrected chi connectivity index (χ0v) is 11.5. The maximum atomic E-state index is 13.1. The molecule has 0 heterocycles. The van der Waals surface area contributed by atoms with Crippen molar-refractivity contribution in [2.24, 2.45) is 5.73 Å². The van der Waals surface area contributed by atoms with E-state index in [1.54, 1.807) is 4.90 Å². The Balaban J connectivity index is 2.42. The Labute approximate surface area is 120 Å². The van der Waals surface area contributed by atoms with Crippen LogP contribution in [0.3, 0.4) is 0 Å². The highest BCUT2D eigenvalue weighted by Gasteiger charge is 2.35. The molecule has 1 aromatic rings. The van der Waals surface area contributed by atoms with E-state index in [4.69, 9.17) is 16.2 Å². The zero-order chi connectivity index (χ0) is 15.6. The summed E-state index contributed by atoms with van der Waals surface area (Å²) < 4.78 is 39.3. The summed E-state index contributed by atoms with van der Waals surface area (Å²) in [6, 6.07) is 3.94. The fraction of sp³-hybridized carbons (Fsp3) is 0.500. The number of alkyl halides is 3. The van der Waals surface area contributed by atoms with Crippen LogP contribution in [-0.4, -0.2) is 30.1 Å². The normalized spacial score (nSPS) is 15.6. The zero-order valence-electron chi connectivity index (χ0n) is 11.5. The number of hydrogen-bond acceptors (Lipinski definition) is 3. The van der Waals surface area contributed by atoms with Crippen molar-refractivity contribution >= 4 is 11.5 Å². The molecule has 4 N–H and O–H groups in total. The van der Waals surface area contributed by atoms with Gasteiger partial charge in [-0.2, -0.15) is 13.2 Å². The van der Waals surface area contributed by atoms with Crippen LogP contribution >= 0.6 is 0 Å². The van der Waals surface area contributed by atoms with E-state index in [0.717, 1.165) is 25.3 Å². The molecule has 2 rings (SSSR count). The minimum Gasteiger partial charge on any atom is -0.395 e. The molecular formula is C14H18F3N3O. The molecule has 0 radical (unpaired) electrons. The van der Waals surface area contributed by atoms with Gasteiger partial charge in [0.15, 0.2) is 0 Å². The van der Waals surface area contributed by atoms with Crippen molar-refractivity contribution in [3.8, 4) is 0 Å². The number of nitrogen functional groups attached to an aromatic ring is 1. The predicted octanol–water partition coefficient (Wildman–Crippen LogP) is 2.34. The lowest BCUT2D eigenvalue weighted by atomic mass is 9.90. The molecule has 0 saturated heterocycles. The van der Waals surface area contributed by atoms with Gasteiger partial charge in [0.1, 0.15) is 5.84 Å². The molecule has 1 aliphatic rings. The van der Waals surface area contributed by atoms with E-state index in [2.05, 4.69) is 0 Å². The quantitative estimate of drug-likeness (QED) is 0.577. The molecule has 4 nitrogen and oxygen atoms in total. The van der Waals surface area contributed by atoms with Crippen LogP contribution in [0.5, 0.6) is 0 Å². The van der Waals surface area contributed by atoms with Crippen LogP contribution in [0.15, 0.2) is 18.2 Å². The summed E-state index contributed by atoms with van der Waals surface area (Å²) in [5.74, 6) is -0.605. The Hall–Kier alpha value is -1.76. The van der Waals surface area contributed by atoms with Crippen LogP contribution in [0, 0.1) is 5.41 Å². The summed E-state index contributed by atoms with van der Waals surface area (Å²) in [5, 5.41) is 16.4. The van der Waals surface area contributed by atoms with Crippen LogP contribution < -0.4 is 10.6 Å². The number of hydrogen-bond donors (Lipinski definition) is 3. The fourth-order valence-corrected chi connectivity index (χ4v) is 2.51. The Morgan fingerprint density at radius 2 is 2.05 bits per heavy atom. The van der Waals surface area contributed by atoms with Gasteiger partial charge in [0.2, 0.25) is 0 Å². The number of benzene rings is 1. The van der Waals surface area contributed by atoms with Crippen molar-refractivity contribution in [1.82, 2.24) is 0 Å². The van der Waals surface area contributed by atoms with Gasteiger partial charge in [-0.1, -0.05) is 0 Å². The van der Waals surface area contributed by atoms with Gasteiger partial charge in [-0.15, -0.1) is 0 Å². The Morgan fingerprint density at radius 1 is 1.38 bits per heavy atom. The lowest BCUT2D eigenvalue weighted by molar-refractivity contribution is -0.137. The minimum absolute atomic E-state index is 0.119. The highest BCUT2D eigenvalue weighted by atomic mass is 19.4. The van der Waals surface area contributed by atoms with E-state index in [9.17, 15) is 13.2 Å². The molecule has 0 aliphatic heterocycles. The van der Waals surface area contributed by atoms with E-state index in [0.29, 0.717) is 12.2 Å². The number of aliphatic hydroxyl groups is 1. The van der Waals surface area contributed by atoms with E-state index in [-0.39, 0.29) is 18.2 Å². The molecule has 1 aliphatic carbocycles. The Morgan fingerprint density at radius 3 is 2.48 bits per heavy atom. The molecular weight excluding hydrogens is 283 g/mol. The topological polar surface area (TPSA) is 73.3 Å². The van der Waals surface area contributed by atoms with Gasteiger partial charge < -0.3 is 15.7 Å². The number of rotatable bonds is 5. The molecule has 0 spiro atoms. The smallest absolute Gasteiger partial charge is 0.395 e. The van der Waals surface area contributed by atoms with Gasteiger partial charge in [-0.25, -0.2) is 0 Å². The Bertz CT molecular complexity index is 527. The van der Waals surface area contributed by atoms with E-state index < -0.39 is 17.6 Å². The first kappa shape index (κ1) is 15.6. The maximum Gasteiger partial charge on any atom is 0.417 e. The molecule has 0 amide bonds. The van der Waals surface area contributed by atoms with Gasteiger partial charge in [0.25, 0.3) is 0 Å². The van der Waals surface area contributed by atoms with Gasteiger partial charge in [-0.3, -0.25) is 5.41 Å². The third kappa shape index (κ3) is 3.29. The van der Waals surface area contributed by atoms with Crippen LogP contribution in [0.2, 0.25) is 0 Å². The second-order valence-corrected chi connectivity index (χ2v) is 5.14. The lowest BCUT2D eigenvalue weighted by Gasteiger charge is -2.39. The average Bonchev–Trinajstić information content (AvgIpc) is 2.34.